The van der Waals surface area contributed by atoms with Crippen LogP contribution in [0.5, 0.6) is 5.75 Å². The Kier molecular flexibility index (Phi) is 4.24. The molecule has 1 saturated heterocycles. The molecule has 0 radical (unpaired) electrons. The molecule has 0 bridgehead atoms. The molecule has 0 spiro atoms. The van der Waals surface area contributed by atoms with Gasteiger partial charge in [0.2, 0.25) is 0 Å². The summed E-state index contributed by atoms with van der Waals surface area (Å²) in [5, 5.41) is 0. The smallest absolute Gasteiger partial charge is 0.260 e. The number of carbonyl (C=O) groups is 1. The van der Waals surface area contributed by atoms with Crippen molar-refractivity contribution in [3.05, 3.63) is 29.8 Å². The second kappa shape index (κ2) is 5.89. The van der Waals surface area contributed by atoms with Gasteiger partial charge < -0.3 is 9.64 Å². The highest BCUT2D eigenvalue weighted by Crippen LogP contribution is 2.20. The molecular weight excluding hydrogens is 226 g/mol. The summed E-state index contributed by atoms with van der Waals surface area (Å²) < 4.78 is 5.54. The molecule has 3 nitrogen and oxygen atoms in total. The number of rotatable bonds is 4. The number of hydrogen-bond acceptors (Lipinski definition) is 2. The van der Waals surface area contributed by atoms with Crippen LogP contribution in [0.1, 0.15) is 31.7 Å². The van der Waals surface area contributed by atoms with Gasteiger partial charge in [0.1, 0.15) is 5.75 Å². The van der Waals surface area contributed by atoms with Gasteiger partial charge in [0.05, 0.1) is 0 Å². The van der Waals surface area contributed by atoms with Crippen LogP contribution < -0.4 is 4.74 Å². The van der Waals surface area contributed by atoms with Crippen LogP contribution in [0, 0.1) is 6.92 Å². The average molecular weight is 247 g/mol. The third kappa shape index (κ3) is 3.03. The Morgan fingerprint density at radius 1 is 1.39 bits per heavy atom. The van der Waals surface area contributed by atoms with Crippen LogP contribution in [-0.2, 0) is 4.79 Å². The third-order valence-electron chi connectivity index (χ3n) is 3.55. The average Bonchev–Trinajstić information content (AvgIpc) is 2.86. The zero-order valence-electron chi connectivity index (χ0n) is 11.2. The van der Waals surface area contributed by atoms with E-state index in [4.69, 9.17) is 4.74 Å². The Morgan fingerprint density at radius 2 is 2.11 bits per heavy atom. The SMILES string of the molecule is CCC1CCCN1C(=O)COc1ccc(C)cc1. The predicted octanol–water partition coefficient (Wildman–Crippen LogP) is 2.77. The van der Waals surface area contributed by atoms with Crippen LogP contribution in [0.2, 0.25) is 0 Å². The van der Waals surface area contributed by atoms with Crippen molar-refractivity contribution >= 4 is 5.91 Å². The molecule has 0 saturated carbocycles. The lowest BCUT2D eigenvalue weighted by molar-refractivity contribution is -0.134. The van der Waals surface area contributed by atoms with Crippen molar-refractivity contribution < 1.29 is 9.53 Å². The zero-order chi connectivity index (χ0) is 13.0. The Balaban J connectivity index is 1.86. The van der Waals surface area contributed by atoms with Gasteiger partial charge in [0.25, 0.3) is 5.91 Å². The van der Waals surface area contributed by atoms with Gasteiger partial charge in [-0.1, -0.05) is 24.6 Å². The van der Waals surface area contributed by atoms with E-state index in [0.29, 0.717) is 6.04 Å². The summed E-state index contributed by atoms with van der Waals surface area (Å²) in [7, 11) is 0. The minimum atomic E-state index is 0.111. The molecule has 18 heavy (non-hydrogen) atoms. The quantitative estimate of drug-likeness (QED) is 0.818. The lowest BCUT2D eigenvalue weighted by atomic mass is 10.2. The van der Waals surface area contributed by atoms with E-state index in [1.807, 2.05) is 36.1 Å². The van der Waals surface area contributed by atoms with Gasteiger partial charge in [0.15, 0.2) is 6.61 Å². The van der Waals surface area contributed by atoms with E-state index in [0.717, 1.165) is 31.6 Å². The number of amides is 1. The number of benzene rings is 1. The lowest BCUT2D eigenvalue weighted by Crippen LogP contribution is -2.38. The molecule has 2 rings (SSSR count). The summed E-state index contributed by atoms with van der Waals surface area (Å²) in [5.41, 5.74) is 1.19. The summed E-state index contributed by atoms with van der Waals surface area (Å²) >= 11 is 0. The fourth-order valence-electron chi connectivity index (χ4n) is 2.45. The summed E-state index contributed by atoms with van der Waals surface area (Å²) in [6, 6.07) is 8.21. The van der Waals surface area contributed by atoms with Crippen LogP contribution in [0.3, 0.4) is 0 Å². The Morgan fingerprint density at radius 3 is 2.78 bits per heavy atom. The molecule has 1 unspecified atom stereocenters. The number of aryl methyl sites for hydroxylation is 1. The first-order valence-electron chi connectivity index (χ1n) is 6.69. The monoisotopic (exact) mass is 247 g/mol. The van der Waals surface area contributed by atoms with E-state index in [-0.39, 0.29) is 12.5 Å². The van der Waals surface area contributed by atoms with E-state index in [1.165, 1.54) is 5.56 Å². The van der Waals surface area contributed by atoms with Gasteiger partial charge in [-0.25, -0.2) is 0 Å². The van der Waals surface area contributed by atoms with Crippen LogP contribution in [0.15, 0.2) is 24.3 Å². The normalized spacial score (nSPS) is 19.0. The van der Waals surface area contributed by atoms with Crippen LogP contribution >= 0.6 is 0 Å². The molecule has 1 amide bonds. The Hall–Kier alpha value is -1.51. The molecular formula is C15H21NO2. The summed E-state index contributed by atoms with van der Waals surface area (Å²) in [4.78, 5) is 14.0. The van der Waals surface area contributed by atoms with Gasteiger partial charge in [0, 0.05) is 12.6 Å². The van der Waals surface area contributed by atoms with Crippen molar-refractivity contribution in [2.24, 2.45) is 0 Å². The maximum atomic E-state index is 12.1. The highest BCUT2D eigenvalue weighted by atomic mass is 16.5. The maximum absolute atomic E-state index is 12.1. The standard InChI is InChI=1S/C15H21NO2/c1-3-13-5-4-10-16(13)15(17)11-18-14-8-6-12(2)7-9-14/h6-9,13H,3-5,10-11H2,1-2H3. The first kappa shape index (κ1) is 12.9. The van der Waals surface area contributed by atoms with E-state index in [9.17, 15) is 4.79 Å². The molecule has 0 aliphatic carbocycles. The van der Waals surface area contributed by atoms with Crippen molar-refractivity contribution in [1.82, 2.24) is 4.90 Å². The maximum Gasteiger partial charge on any atom is 0.260 e. The largest absolute Gasteiger partial charge is 0.484 e. The lowest BCUT2D eigenvalue weighted by Gasteiger charge is -2.23. The van der Waals surface area contributed by atoms with Gasteiger partial charge in [-0.3, -0.25) is 4.79 Å². The second-order valence-corrected chi connectivity index (χ2v) is 4.89. The van der Waals surface area contributed by atoms with Crippen molar-refractivity contribution in [2.45, 2.75) is 39.2 Å². The zero-order valence-corrected chi connectivity index (χ0v) is 11.2. The number of carbonyl (C=O) groups excluding carboxylic acids is 1. The van der Waals surface area contributed by atoms with E-state index in [1.54, 1.807) is 0 Å². The highest BCUT2D eigenvalue weighted by molar-refractivity contribution is 5.78. The van der Waals surface area contributed by atoms with Crippen LogP contribution in [-0.4, -0.2) is 30.0 Å². The summed E-state index contributed by atoms with van der Waals surface area (Å²) in [6.07, 6.45) is 3.29. The predicted molar refractivity (Wildman–Crippen MR) is 71.7 cm³/mol. The minimum absolute atomic E-state index is 0.111. The summed E-state index contributed by atoms with van der Waals surface area (Å²) in [6.45, 7) is 5.20. The van der Waals surface area contributed by atoms with Gasteiger partial charge >= 0.3 is 0 Å². The molecule has 1 aliphatic rings. The fourth-order valence-corrected chi connectivity index (χ4v) is 2.45. The fraction of sp³-hybridized carbons (Fsp3) is 0.533. The van der Waals surface area contributed by atoms with Crippen molar-refractivity contribution in [1.29, 1.82) is 0 Å². The summed E-state index contributed by atoms with van der Waals surface area (Å²) in [5.74, 6) is 0.876. The topological polar surface area (TPSA) is 29.5 Å². The van der Waals surface area contributed by atoms with E-state index < -0.39 is 0 Å². The third-order valence-corrected chi connectivity index (χ3v) is 3.55. The number of nitrogens with zero attached hydrogens (tertiary/aromatic N) is 1. The highest BCUT2D eigenvalue weighted by Gasteiger charge is 2.27. The Labute approximate surface area is 109 Å². The van der Waals surface area contributed by atoms with E-state index >= 15 is 0 Å². The number of hydrogen-bond donors (Lipinski definition) is 0. The molecule has 1 aliphatic heterocycles. The van der Waals surface area contributed by atoms with Crippen molar-refractivity contribution in [2.75, 3.05) is 13.2 Å². The van der Waals surface area contributed by atoms with Gasteiger partial charge in [-0.2, -0.15) is 0 Å². The first-order valence-corrected chi connectivity index (χ1v) is 6.69. The van der Waals surface area contributed by atoms with Gasteiger partial charge in [-0.05, 0) is 38.3 Å². The molecule has 1 aromatic carbocycles. The minimum Gasteiger partial charge on any atom is -0.484 e. The molecule has 3 heteroatoms. The molecule has 1 fully saturated rings. The van der Waals surface area contributed by atoms with Crippen molar-refractivity contribution in [3.63, 3.8) is 0 Å². The van der Waals surface area contributed by atoms with Crippen LogP contribution in [0.4, 0.5) is 0 Å². The molecule has 98 valence electrons. The first-order chi connectivity index (χ1) is 8.70. The second-order valence-electron chi connectivity index (χ2n) is 4.89. The number of ether oxygens (including phenoxy) is 1. The number of likely N-dealkylation sites (tertiary alicyclic amines) is 1. The molecule has 1 heterocycles. The molecule has 0 aromatic heterocycles. The Bertz CT molecular complexity index is 399. The molecule has 1 aromatic rings. The van der Waals surface area contributed by atoms with Gasteiger partial charge in [-0.15, -0.1) is 0 Å². The van der Waals surface area contributed by atoms with Crippen LogP contribution in [0.25, 0.3) is 0 Å². The molecule has 0 N–H and O–H groups in total. The van der Waals surface area contributed by atoms with E-state index in [2.05, 4.69) is 6.92 Å². The van der Waals surface area contributed by atoms with Crippen molar-refractivity contribution in [3.8, 4) is 5.75 Å². The molecule has 1 atom stereocenters.